The molecular formula is C23H25ClN4O2S. The predicted molar refractivity (Wildman–Crippen MR) is 126 cm³/mol. The average molecular weight is 457 g/mol. The van der Waals surface area contributed by atoms with Crippen molar-refractivity contribution in [1.82, 2.24) is 15.3 Å². The molecule has 0 radical (unpaired) electrons. The predicted octanol–water partition coefficient (Wildman–Crippen LogP) is 4.31. The van der Waals surface area contributed by atoms with Crippen LogP contribution < -0.4 is 10.2 Å². The van der Waals surface area contributed by atoms with Gasteiger partial charge in [-0.25, -0.2) is 9.97 Å². The number of morpholine rings is 1. The first kappa shape index (κ1) is 21.9. The summed E-state index contributed by atoms with van der Waals surface area (Å²) in [6, 6.07) is 15.3. The van der Waals surface area contributed by atoms with E-state index in [0.717, 1.165) is 40.5 Å². The lowest BCUT2D eigenvalue weighted by Crippen LogP contribution is -2.46. The van der Waals surface area contributed by atoms with Gasteiger partial charge in [-0.05, 0) is 37.6 Å². The molecular weight excluding hydrogens is 432 g/mol. The quantitative estimate of drug-likeness (QED) is 0.557. The number of carbonyl (C=O) groups excluding carboxylic acids is 1. The number of hydrogen-bond donors (Lipinski definition) is 1. The zero-order chi connectivity index (χ0) is 21.8. The van der Waals surface area contributed by atoms with Crippen molar-refractivity contribution in [3.8, 4) is 0 Å². The standard InChI is InChI=1S/C23H25ClN4O2S/c1-15-12-28(13-16(2)30-15)22-23(27-20-10-6-5-9-19(20)26-22)31-14-21(29)25-11-17-7-3-4-8-18(17)24/h3-10,15-16H,11-14H2,1-2H3,(H,25,29)/t15-,16-/m1/s1. The van der Waals surface area contributed by atoms with Gasteiger partial charge in [-0.3, -0.25) is 4.79 Å². The van der Waals surface area contributed by atoms with Crippen LogP contribution in [0, 0.1) is 0 Å². The van der Waals surface area contributed by atoms with Crippen molar-refractivity contribution in [2.75, 3.05) is 23.7 Å². The number of anilines is 1. The Bertz CT molecular complexity index is 1070. The average Bonchev–Trinajstić information content (AvgIpc) is 2.76. The van der Waals surface area contributed by atoms with Crippen LogP contribution in [0.4, 0.5) is 5.82 Å². The molecule has 2 atom stereocenters. The number of ether oxygens (including phenoxy) is 1. The van der Waals surface area contributed by atoms with Crippen LogP contribution in [0.2, 0.25) is 5.02 Å². The SMILES string of the molecule is C[C@@H]1CN(c2nc3ccccc3nc2SCC(=O)NCc2ccccc2Cl)C[C@@H](C)O1. The summed E-state index contributed by atoms with van der Waals surface area (Å²) in [5.41, 5.74) is 2.56. The van der Waals surface area contributed by atoms with Crippen molar-refractivity contribution in [1.29, 1.82) is 0 Å². The lowest BCUT2D eigenvalue weighted by Gasteiger charge is -2.36. The molecule has 8 heteroatoms. The van der Waals surface area contributed by atoms with Crippen LogP contribution in [-0.2, 0) is 16.1 Å². The van der Waals surface area contributed by atoms with Crippen LogP contribution in [0.3, 0.4) is 0 Å². The normalized spacial score (nSPS) is 18.9. The number of nitrogens with zero attached hydrogens (tertiary/aromatic N) is 3. The highest BCUT2D eigenvalue weighted by Gasteiger charge is 2.26. The number of benzene rings is 2. The van der Waals surface area contributed by atoms with Crippen LogP contribution in [0.1, 0.15) is 19.4 Å². The molecule has 162 valence electrons. The highest BCUT2D eigenvalue weighted by atomic mass is 35.5. The van der Waals surface area contributed by atoms with E-state index in [2.05, 4.69) is 24.1 Å². The maximum Gasteiger partial charge on any atom is 0.230 e. The topological polar surface area (TPSA) is 67.4 Å². The van der Waals surface area contributed by atoms with Crippen molar-refractivity contribution in [2.24, 2.45) is 0 Å². The summed E-state index contributed by atoms with van der Waals surface area (Å²) in [6.07, 6.45) is 0.211. The second kappa shape index (κ2) is 9.85. The smallest absolute Gasteiger partial charge is 0.230 e. The number of carbonyl (C=O) groups is 1. The second-order valence-electron chi connectivity index (χ2n) is 7.66. The molecule has 6 nitrogen and oxygen atoms in total. The summed E-state index contributed by atoms with van der Waals surface area (Å²) in [7, 11) is 0. The van der Waals surface area contributed by atoms with Crippen LogP contribution in [0.25, 0.3) is 11.0 Å². The first-order chi connectivity index (χ1) is 15.0. The van der Waals surface area contributed by atoms with Gasteiger partial charge in [0, 0.05) is 24.7 Å². The molecule has 1 saturated heterocycles. The van der Waals surface area contributed by atoms with Crippen molar-refractivity contribution < 1.29 is 9.53 Å². The summed E-state index contributed by atoms with van der Waals surface area (Å²) in [5, 5.41) is 4.34. The molecule has 1 N–H and O–H groups in total. The van der Waals surface area contributed by atoms with E-state index in [9.17, 15) is 4.79 Å². The van der Waals surface area contributed by atoms with E-state index in [1.54, 1.807) is 0 Å². The van der Waals surface area contributed by atoms with E-state index >= 15 is 0 Å². The van der Waals surface area contributed by atoms with E-state index in [-0.39, 0.29) is 23.9 Å². The number of amides is 1. The fourth-order valence-corrected chi connectivity index (χ4v) is 4.69. The lowest BCUT2D eigenvalue weighted by atomic mass is 10.2. The molecule has 1 amide bonds. The van der Waals surface area contributed by atoms with Gasteiger partial charge in [0.1, 0.15) is 5.03 Å². The van der Waals surface area contributed by atoms with E-state index in [0.29, 0.717) is 11.6 Å². The fourth-order valence-electron chi connectivity index (χ4n) is 3.65. The Morgan fingerprint density at radius 1 is 1.10 bits per heavy atom. The molecule has 0 unspecified atom stereocenters. The Labute approximate surface area is 191 Å². The molecule has 3 aromatic rings. The van der Waals surface area contributed by atoms with E-state index < -0.39 is 0 Å². The summed E-state index contributed by atoms with van der Waals surface area (Å²) < 4.78 is 5.88. The third kappa shape index (κ3) is 5.47. The minimum Gasteiger partial charge on any atom is -0.372 e. The van der Waals surface area contributed by atoms with Gasteiger partial charge in [0.25, 0.3) is 0 Å². The number of para-hydroxylation sites is 2. The Kier molecular flexibility index (Phi) is 6.95. The highest BCUT2D eigenvalue weighted by Crippen LogP contribution is 2.31. The maximum atomic E-state index is 12.5. The molecule has 2 heterocycles. The van der Waals surface area contributed by atoms with Crippen molar-refractivity contribution in [3.63, 3.8) is 0 Å². The first-order valence-corrected chi connectivity index (χ1v) is 11.7. The van der Waals surface area contributed by atoms with Gasteiger partial charge >= 0.3 is 0 Å². The number of halogens is 1. The highest BCUT2D eigenvalue weighted by molar-refractivity contribution is 8.00. The molecule has 0 bridgehead atoms. The maximum absolute atomic E-state index is 12.5. The fraction of sp³-hybridized carbons (Fsp3) is 0.348. The second-order valence-corrected chi connectivity index (χ2v) is 9.03. The molecule has 0 saturated carbocycles. The summed E-state index contributed by atoms with van der Waals surface area (Å²) in [4.78, 5) is 24.4. The Hall–Kier alpha value is -2.35. The number of aromatic nitrogens is 2. The van der Waals surface area contributed by atoms with Gasteiger partial charge in [-0.1, -0.05) is 53.7 Å². The van der Waals surface area contributed by atoms with Gasteiger partial charge in [0.2, 0.25) is 5.91 Å². The van der Waals surface area contributed by atoms with Gasteiger partial charge in [0.05, 0.1) is 29.0 Å². The largest absolute Gasteiger partial charge is 0.372 e. The van der Waals surface area contributed by atoms with Gasteiger partial charge < -0.3 is 15.0 Å². The van der Waals surface area contributed by atoms with E-state index in [4.69, 9.17) is 26.3 Å². The molecule has 1 aromatic heterocycles. The molecule has 0 aliphatic carbocycles. The van der Waals surface area contributed by atoms with Crippen LogP contribution in [-0.4, -0.2) is 46.9 Å². The number of rotatable bonds is 6. The Balaban J connectivity index is 1.50. The number of nitrogens with one attached hydrogen (secondary N) is 1. The van der Waals surface area contributed by atoms with E-state index in [1.807, 2.05) is 48.5 Å². The zero-order valence-electron chi connectivity index (χ0n) is 17.5. The molecule has 0 spiro atoms. The van der Waals surface area contributed by atoms with Crippen molar-refractivity contribution in [3.05, 3.63) is 59.1 Å². The molecule has 4 rings (SSSR count). The van der Waals surface area contributed by atoms with Gasteiger partial charge in [-0.15, -0.1) is 0 Å². The third-order valence-corrected chi connectivity index (χ3v) is 6.34. The summed E-state index contributed by atoms with van der Waals surface area (Å²) in [5.74, 6) is 0.985. The number of fused-ring (bicyclic) bond motifs is 1. The molecule has 2 aromatic carbocycles. The first-order valence-electron chi connectivity index (χ1n) is 10.3. The summed E-state index contributed by atoms with van der Waals surface area (Å²) >= 11 is 7.58. The minimum absolute atomic E-state index is 0.0745. The zero-order valence-corrected chi connectivity index (χ0v) is 19.1. The third-order valence-electron chi connectivity index (χ3n) is 5.01. The number of thioether (sulfide) groups is 1. The van der Waals surface area contributed by atoms with Crippen molar-refractivity contribution >= 4 is 46.1 Å². The van der Waals surface area contributed by atoms with Gasteiger partial charge in [0.15, 0.2) is 5.82 Å². The minimum atomic E-state index is -0.0745. The Morgan fingerprint density at radius 3 is 2.45 bits per heavy atom. The van der Waals surface area contributed by atoms with Crippen LogP contribution in [0.5, 0.6) is 0 Å². The van der Waals surface area contributed by atoms with Crippen molar-refractivity contribution in [2.45, 2.75) is 37.6 Å². The molecule has 1 fully saturated rings. The molecule has 31 heavy (non-hydrogen) atoms. The Morgan fingerprint density at radius 2 is 1.74 bits per heavy atom. The summed E-state index contributed by atoms with van der Waals surface area (Å²) in [6.45, 7) is 6.00. The van der Waals surface area contributed by atoms with Crippen LogP contribution >= 0.6 is 23.4 Å². The van der Waals surface area contributed by atoms with Crippen LogP contribution in [0.15, 0.2) is 53.6 Å². The van der Waals surface area contributed by atoms with E-state index in [1.165, 1.54) is 11.8 Å². The van der Waals surface area contributed by atoms with Gasteiger partial charge in [-0.2, -0.15) is 0 Å². The molecule has 1 aliphatic rings. The molecule has 1 aliphatic heterocycles. The monoisotopic (exact) mass is 456 g/mol. The number of hydrogen-bond acceptors (Lipinski definition) is 6. The lowest BCUT2D eigenvalue weighted by molar-refractivity contribution is -0.118.